The first-order valence-electron chi connectivity index (χ1n) is 9.99. The number of hydrogen-bond donors (Lipinski definition) is 0. The molecule has 27 heavy (non-hydrogen) atoms. The van der Waals surface area contributed by atoms with Crippen LogP contribution in [-0.2, 0) is 23.3 Å². The number of rotatable bonds is 4. The lowest BCUT2D eigenvalue weighted by atomic mass is 9.83. The van der Waals surface area contributed by atoms with Gasteiger partial charge in [0.15, 0.2) is 0 Å². The molecular formula is C22H29N3O2. The summed E-state index contributed by atoms with van der Waals surface area (Å²) in [5.41, 5.74) is 3.51. The third-order valence-electron chi connectivity index (χ3n) is 5.53. The lowest BCUT2D eigenvalue weighted by molar-refractivity contribution is -0.102. The smallest absolute Gasteiger partial charge is 0.125 e. The van der Waals surface area contributed by atoms with Crippen molar-refractivity contribution in [2.24, 2.45) is 0 Å². The van der Waals surface area contributed by atoms with E-state index in [-0.39, 0.29) is 11.7 Å². The van der Waals surface area contributed by atoms with E-state index in [4.69, 9.17) is 14.5 Å². The van der Waals surface area contributed by atoms with Gasteiger partial charge in [0, 0.05) is 25.8 Å². The zero-order chi connectivity index (χ0) is 18.9. The highest BCUT2D eigenvalue weighted by molar-refractivity contribution is 5.29. The third-order valence-corrected chi connectivity index (χ3v) is 5.53. The van der Waals surface area contributed by atoms with Crippen LogP contribution in [0.1, 0.15) is 49.3 Å². The normalized spacial score (nSPS) is 19.3. The van der Waals surface area contributed by atoms with E-state index in [1.54, 1.807) is 0 Å². The number of fused-ring (bicyclic) bond motifs is 2. The lowest BCUT2D eigenvalue weighted by Crippen LogP contribution is -2.47. The molecule has 5 nitrogen and oxygen atoms in total. The van der Waals surface area contributed by atoms with Gasteiger partial charge in [-0.1, -0.05) is 12.1 Å². The standard InChI is InChI=1S/C22H29N3O2/c1-16(2)27-20-6-4-18(5-7-20)15-25-11-9-22(10-12-25)21-19(8-13-26-22)14-23-17(3)24-21/h4-7,14,16H,8-13,15H2,1-3H3. The van der Waals surface area contributed by atoms with Crippen LogP contribution in [0.2, 0.25) is 0 Å². The molecule has 1 fully saturated rings. The predicted octanol–water partition coefficient (Wildman–Crippen LogP) is 3.64. The molecule has 1 spiro atoms. The van der Waals surface area contributed by atoms with Gasteiger partial charge >= 0.3 is 0 Å². The van der Waals surface area contributed by atoms with Crippen molar-refractivity contribution in [1.29, 1.82) is 0 Å². The van der Waals surface area contributed by atoms with Crippen molar-refractivity contribution in [3.05, 3.63) is 53.1 Å². The number of benzene rings is 1. The molecular weight excluding hydrogens is 338 g/mol. The fourth-order valence-corrected chi connectivity index (χ4v) is 4.15. The molecule has 0 saturated carbocycles. The summed E-state index contributed by atoms with van der Waals surface area (Å²) in [6, 6.07) is 8.48. The summed E-state index contributed by atoms with van der Waals surface area (Å²) in [6.07, 6.45) is 5.11. The minimum Gasteiger partial charge on any atom is -0.491 e. The number of piperidine rings is 1. The second kappa shape index (κ2) is 7.56. The Kier molecular flexibility index (Phi) is 5.15. The van der Waals surface area contributed by atoms with Gasteiger partial charge in [0.05, 0.1) is 18.4 Å². The average molecular weight is 367 g/mol. The number of hydrogen-bond acceptors (Lipinski definition) is 5. The molecule has 2 aliphatic heterocycles. The Balaban J connectivity index is 1.41. The van der Waals surface area contributed by atoms with E-state index < -0.39 is 0 Å². The molecule has 144 valence electrons. The summed E-state index contributed by atoms with van der Waals surface area (Å²) in [4.78, 5) is 11.7. The first-order valence-corrected chi connectivity index (χ1v) is 9.99. The minimum absolute atomic E-state index is 0.208. The van der Waals surface area contributed by atoms with Gasteiger partial charge in [-0.15, -0.1) is 0 Å². The van der Waals surface area contributed by atoms with Gasteiger partial charge < -0.3 is 9.47 Å². The maximum atomic E-state index is 6.31. The van der Waals surface area contributed by atoms with Crippen molar-refractivity contribution in [3.8, 4) is 5.75 Å². The maximum absolute atomic E-state index is 6.31. The van der Waals surface area contributed by atoms with Gasteiger partial charge in [0.1, 0.15) is 17.2 Å². The monoisotopic (exact) mass is 367 g/mol. The molecule has 0 bridgehead atoms. The summed E-state index contributed by atoms with van der Waals surface area (Å²) in [5, 5.41) is 0. The van der Waals surface area contributed by atoms with Gasteiger partial charge in [0.2, 0.25) is 0 Å². The topological polar surface area (TPSA) is 47.5 Å². The first-order chi connectivity index (χ1) is 13.0. The molecule has 0 N–H and O–H groups in total. The molecule has 0 amide bonds. The van der Waals surface area contributed by atoms with Crippen molar-refractivity contribution < 1.29 is 9.47 Å². The molecule has 2 aliphatic rings. The highest BCUT2D eigenvalue weighted by Crippen LogP contribution is 2.40. The van der Waals surface area contributed by atoms with Crippen LogP contribution in [0.5, 0.6) is 5.75 Å². The predicted molar refractivity (Wildman–Crippen MR) is 105 cm³/mol. The van der Waals surface area contributed by atoms with Gasteiger partial charge in [0.25, 0.3) is 0 Å². The lowest BCUT2D eigenvalue weighted by Gasteiger charge is -2.44. The van der Waals surface area contributed by atoms with Crippen molar-refractivity contribution in [3.63, 3.8) is 0 Å². The Bertz CT molecular complexity index is 781. The average Bonchev–Trinajstić information content (AvgIpc) is 2.66. The summed E-state index contributed by atoms with van der Waals surface area (Å²) >= 11 is 0. The number of likely N-dealkylation sites (tertiary alicyclic amines) is 1. The second-order valence-electron chi connectivity index (χ2n) is 7.97. The fourth-order valence-electron chi connectivity index (χ4n) is 4.15. The fraction of sp³-hybridized carbons (Fsp3) is 0.545. The molecule has 1 aromatic heterocycles. The van der Waals surface area contributed by atoms with Crippen LogP contribution in [0, 0.1) is 6.92 Å². The molecule has 3 heterocycles. The highest BCUT2D eigenvalue weighted by Gasteiger charge is 2.42. The van der Waals surface area contributed by atoms with Crippen LogP contribution >= 0.6 is 0 Å². The summed E-state index contributed by atoms with van der Waals surface area (Å²) in [6.45, 7) is 9.85. The molecule has 0 unspecified atom stereocenters. The van der Waals surface area contributed by atoms with Gasteiger partial charge in [-0.3, -0.25) is 4.90 Å². The van der Waals surface area contributed by atoms with E-state index in [1.165, 1.54) is 11.1 Å². The van der Waals surface area contributed by atoms with Crippen LogP contribution in [0.15, 0.2) is 30.5 Å². The molecule has 0 atom stereocenters. The van der Waals surface area contributed by atoms with Crippen LogP contribution < -0.4 is 4.74 Å². The zero-order valence-corrected chi connectivity index (χ0v) is 16.6. The molecule has 5 heteroatoms. The van der Waals surface area contributed by atoms with Crippen molar-refractivity contribution >= 4 is 0 Å². The molecule has 1 aromatic carbocycles. The number of ether oxygens (including phenoxy) is 2. The van der Waals surface area contributed by atoms with Gasteiger partial charge in [-0.05, 0) is 63.3 Å². The van der Waals surface area contributed by atoms with Crippen molar-refractivity contribution in [2.45, 2.75) is 58.3 Å². The summed E-state index contributed by atoms with van der Waals surface area (Å²) < 4.78 is 12.0. The Hall–Kier alpha value is -1.98. The second-order valence-corrected chi connectivity index (χ2v) is 7.97. The first kappa shape index (κ1) is 18.4. The Morgan fingerprint density at radius 1 is 1.19 bits per heavy atom. The van der Waals surface area contributed by atoms with Crippen molar-refractivity contribution in [2.75, 3.05) is 19.7 Å². The van der Waals surface area contributed by atoms with E-state index in [1.807, 2.05) is 13.1 Å². The Morgan fingerprint density at radius 2 is 1.93 bits per heavy atom. The zero-order valence-electron chi connectivity index (χ0n) is 16.6. The van der Waals surface area contributed by atoms with E-state index in [2.05, 4.69) is 48.0 Å². The quantitative estimate of drug-likeness (QED) is 0.826. The molecule has 2 aromatic rings. The maximum Gasteiger partial charge on any atom is 0.125 e. The molecule has 4 rings (SSSR count). The van der Waals surface area contributed by atoms with Crippen molar-refractivity contribution in [1.82, 2.24) is 14.9 Å². The third kappa shape index (κ3) is 3.99. The van der Waals surface area contributed by atoms with E-state index >= 15 is 0 Å². The van der Waals surface area contributed by atoms with E-state index in [0.29, 0.717) is 0 Å². The van der Waals surface area contributed by atoms with Crippen LogP contribution in [-0.4, -0.2) is 40.7 Å². The number of nitrogens with zero attached hydrogens (tertiary/aromatic N) is 3. The number of aryl methyl sites for hydroxylation is 1. The number of aromatic nitrogens is 2. The Labute approximate surface area is 161 Å². The van der Waals surface area contributed by atoms with E-state index in [9.17, 15) is 0 Å². The van der Waals surface area contributed by atoms with Gasteiger partial charge in [-0.2, -0.15) is 0 Å². The molecule has 0 radical (unpaired) electrons. The SMILES string of the molecule is Cc1ncc2c(n1)C1(CCN(Cc3ccc(OC(C)C)cc3)CC1)OCC2. The van der Waals surface area contributed by atoms with Crippen LogP contribution in [0.25, 0.3) is 0 Å². The Morgan fingerprint density at radius 3 is 2.63 bits per heavy atom. The highest BCUT2D eigenvalue weighted by atomic mass is 16.5. The van der Waals surface area contributed by atoms with Crippen LogP contribution in [0.4, 0.5) is 0 Å². The summed E-state index contributed by atoms with van der Waals surface area (Å²) in [5.74, 6) is 1.78. The summed E-state index contributed by atoms with van der Waals surface area (Å²) in [7, 11) is 0. The van der Waals surface area contributed by atoms with Gasteiger partial charge in [-0.25, -0.2) is 9.97 Å². The van der Waals surface area contributed by atoms with Crippen LogP contribution in [0.3, 0.4) is 0 Å². The minimum atomic E-state index is -0.216. The largest absolute Gasteiger partial charge is 0.491 e. The molecule has 0 aliphatic carbocycles. The van der Waals surface area contributed by atoms with E-state index in [0.717, 1.165) is 62.8 Å². The molecule has 1 saturated heterocycles.